The molecule has 8 heteroatoms. The molecule has 1 heterocycles. The summed E-state index contributed by atoms with van der Waals surface area (Å²) in [5.41, 5.74) is 0.984. The van der Waals surface area contributed by atoms with E-state index in [9.17, 15) is 14.4 Å². The Bertz CT molecular complexity index is 660. The standard InChI is InChI=1S/C16H19NO5S2/c1-16(2)12-4-3-10(9-11(12)15(21)22-16)14(20)17-6-8-24-23-7-5-13(18)19/h3-4,9H,5-8H2,1-2H3,(H,17,20)(H,18,19). The molecule has 130 valence electrons. The summed E-state index contributed by atoms with van der Waals surface area (Å²) in [4.78, 5) is 34.4. The van der Waals surface area contributed by atoms with Crippen molar-refractivity contribution in [2.24, 2.45) is 0 Å². The Labute approximate surface area is 148 Å². The van der Waals surface area contributed by atoms with Crippen LogP contribution in [0.3, 0.4) is 0 Å². The maximum Gasteiger partial charge on any atom is 0.339 e. The molecule has 0 fully saturated rings. The lowest BCUT2D eigenvalue weighted by Gasteiger charge is -2.17. The van der Waals surface area contributed by atoms with Crippen LogP contribution in [0.4, 0.5) is 0 Å². The van der Waals surface area contributed by atoms with Gasteiger partial charge in [-0.25, -0.2) is 4.79 Å². The molecule has 1 amide bonds. The second-order valence-electron chi connectivity index (χ2n) is 5.70. The number of hydrogen-bond acceptors (Lipinski definition) is 6. The number of nitrogens with one attached hydrogen (secondary N) is 1. The van der Waals surface area contributed by atoms with Crippen LogP contribution in [0.5, 0.6) is 0 Å². The number of fused-ring (bicyclic) bond motifs is 1. The Morgan fingerprint density at radius 1 is 1.25 bits per heavy atom. The second-order valence-corrected chi connectivity index (χ2v) is 8.41. The molecule has 0 bridgehead atoms. The molecule has 1 aromatic rings. The van der Waals surface area contributed by atoms with E-state index in [4.69, 9.17) is 9.84 Å². The zero-order chi connectivity index (χ0) is 17.7. The zero-order valence-corrected chi connectivity index (χ0v) is 15.1. The predicted molar refractivity (Wildman–Crippen MR) is 94.4 cm³/mol. The van der Waals surface area contributed by atoms with Crippen LogP contribution in [0.1, 0.15) is 46.5 Å². The van der Waals surface area contributed by atoms with Crippen molar-refractivity contribution < 1.29 is 24.2 Å². The number of aliphatic carboxylic acids is 1. The largest absolute Gasteiger partial charge is 0.481 e. The molecule has 0 atom stereocenters. The van der Waals surface area contributed by atoms with Crippen molar-refractivity contribution in [3.8, 4) is 0 Å². The van der Waals surface area contributed by atoms with Gasteiger partial charge in [-0.15, -0.1) is 0 Å². The van der Waals surface area contributed by atoms with Gasteiger partial charge >= 0.3 is 11.9 Å². The Hall–Kier alpha value is -1.67. The fraction of sp³-hybridized carbons (Fsp3) is 0.438. The van der Waals surface area contributed by atoms with Crippen molar-refractivity contribution in [3.05, 3.63) is 34.9 Å². The van der Waals surface area contributed by atoms with Gasteiger partial charge in [-0.1, -0.05) is 27.7 Å². The van der Waals surface area contributed by atoms with Gasteiger partial charge in [0.25, 0.3) is 5.91 Å². The molecule has 0 saturated heterocycles. The first-order valence-corrected chi connectivity index (χ1v) is 9.92. The smallest absolute Gasteiger partial charge is 0.339 e. The molecule has 1 aliphatic heterocycles. The molecule has 0 spiro atoms. The average molecular weight is 369 g/mol. The number of hydrogen-bond donors (Lipinski definition) is 2. The molecule has 6 nitrogen and oxygen atoms in total. The molecule has 0 aromatic heterocycles. The molecule has 2 N–H and O–H groups in total. The summed E-state index contributed by atoms with van der Waals surface area (Å²) in [5.74, 6) is -0.247. The number of cyclic esters (lactones) is 1. The van der Waals surface area contributed by atoms with Gasteiger partial charge in [-0.2, -0.15) is 0 Å². The average Bonchev–Trinajstić information content (AvgIpc) is 2.75. The highest BCUT2D eigenvalue weighted by atomic mass is 33.1. The Balaban J connectivity index is 1.81. The van der Waals surface area contributed by atoms with E-state index < -0.39 is 17.5 Å². The molecule has 0 radical (unpaired) electrons. The van der Waals surface area contributed by atoms with Crippen LogP contribution in [0.25, 0.3) is 0 Å². The summed E-state index contributed by atoms with van der Waals surface area (Å²) in [6, 6.07) is 5.01. The zero-order valence-electron chi connectivity index (χ0n) is 13.5. The Morgan fingerprint density at radius 3 is 2.67 bits per heavy atom. The molecule has 0 aliphatic carbocycles. The molecule has 24 heavy (non-hydrogen) atoms. The van der Waals surface area contributed by atoms with Crippen LogP contribution < -0.4 is 5.32 Å². The van der Waals surface area contributed by atoms with Crippen molar-refractivity contribution in [3.63, 3.8) is 0 Å². The van der Waals surface area contributed by atoms with Crippen LogP contribution >= 0.6 is 21.6 Å². The van der Waals surface area contributed by atoms with Crippen LogP contribution in [-0.2, 0) is 15.1 Å². The fourth-order valence-corrected chi connectivity index (χ4v) is 4.16. The van der Waals surface area contributed by atoms with Crippen LogP contribution in [0, 0.1) is 0 Å². The van der Waals surface area contributed by atoms with E-state index in [0.29, 0.717) is 29.2 Å². The van der Waals surface area contributed by atoms with Crippen LogP contribution in [-0.4, -0.2) is 41.0 Å². The van der Waals surface area contributed by atoms with E-state index in [1.165, 1.54) is 21.6 Å². The lowest BCUT2D eigenvalue weighted by Crippen LogP contribution is -2.25. The molecule has 0 saturated carbocycles. The van der Waals surface area contributed by atoms with Crippen molar-refractivity contribution in [1.29, 1.82) is 0 Å². The third kappa shape index (κ3) is 4.67. The quantitative estimate of drug-likeness (QED) is 0.413. The van der Waals surface area contributed by atoms with Crippen molar-refractivity contribution in [2.45, 2.75) is 25.9 Å². The first-order chi connectivity index (χ1) is 11.3. The first-order valence-electron chi connectivity index (χ1n) is 7.43. The van der Waals surface area contributed by atoms with E-state index in [1.54, 1.807) is 18.2 Å². The summed E-state index contributed by atoms with van der Waals surface area (Å²) >= 11 is 0. The maximum atomic E-state index is 12.1. The molecular formula is C16H19NO5S2. The Morgan fingerprint density at radius 2 is 1.96 bits per heavy atom. The molecule has 0 unspecified atom stereocenters. The number of esters is 1. The number of carboxylic acid groups (broad SMARTS) is 1. The molecular weight excluding hydrogens is 350 g/mol. The van der Waals surface area contributed by atoms with E-state index in [2.05, 4.69) is 5.32 Å². The number of carbonyl (C=O) groups is 3. The number of benzene rings is 1. The third-order valence-electron chi connectivity index (χ3n) is 3.45. The predicted octanol–water partition coefficient (Wildman–Crippen LogP) is 2.68. The van der Waals surface area contributed by atoms with E-state index >= 15 is 0 Å². The van der Waals surface area contributed by atoms with Crippen molar-refractivity contribution in [2.75, 3.05) is 18.1 Å². The number of rotatable bonds is 8. The number of carboxylic acids is 1. The van der Waals surface area contributed by atoms with Gasteiger partial charge in [0.1, 0.15) is 5.60 Å². The Kier molecular flexibility index (Phi) is 6.17. The van der Waals surface area contributed by atoms with Gasteiger partial charge in [0.15, 0.2) is 0 Å². The van der Waals surface area contributed by atoms with Gasteiger partial charge < -0.3 is 15.2 Å². The fourth-order valence-electron chi connectivity index (χ4n) is 2.28. The van der Waals surface area contributed by atoms with Crippen molar-refractivity contribution >= 4 is 39.4 Å². The minimum atomic E-state index is -0.810. The van der Waals surface area contributed by atoms with Crippen LogP contribution in [0.2, 0.25) is 0 Å². The van der Waals surface area contributed by atoms with Gasteiger partial charge in [0.2, 0.25) is 0 Å². The lowest BCUT2D eigenvalue weighted by molar-refractivity contribution is -0.136. The highest BCUT2D eigenvalue weighted by Gasteiger charge is 2.37. The topological polar surface area (TPSA) is 92.7 Å². The highest BCUT2D eigenvalue weighted by molar-refractivity contribution is 8.76. The van der Waals surface area contributed by atoms with Gasteiger partial charge in [0, 0.05) is 29.2 Å². The van der Waals surface area contributed by atoms with Crippen molar-refractivity contribution in [1.82, 2.24) is 5.32 Å². The number of carbonyl (C=O) groups excluding carboxylic acids is 2. The van der Waals surface area contributed by atoms with Gasteiger partial charge in [-0.3, -0.25) is 9.59 Å². The molecule has 2 rings (SSSR count). The molecule has 1 aliphatic rings. The second kappa shape index (κ2) is 7.94. The number of amides is 1. The maximum absolute atomic E-state index is 12.1. The third-order valence-corrected chi connectivity index (χ3v) is 5.86. The van der Waals surface area contributed by atoms with Gasteiger partial charge in [0.05, 0.1) is 12.0 Å². The minimum absolute atomic E-state index is 0.131. The lowest BCUT2D eigenvalue weighted by atomic mass is 9.94. The van der Waals surface area contributed by atoms with Gasteiger partial charge in [-0.05, 0) is 26.0 Å². The summed E-state index contributed by atoms with van der Waals surface area (Å²) in [6.07, 6.45) is 0.131. The summed E-state index contributed by atoms with van der Waals surface area (Å²) in [5, 5.41) is 11.3. The summed E-state index contributed by atoms with van der Waals surface area (Å²) in [7, 11) is 2.99. The highest BCUT2D eigenvalue weighted by Crippen LogP contribution is 2.36. The van der Waals surface area contributed by atoms with E-state index in [0.717, 1.165) is 5.56 Å². The van der Waals surface area contributed by atoms with E-state index in [1.807, 2.05) is 13.8 Å². The summed E-state index contributed by atoms with van der Waals surface area (Å²) in [6.45, 7) is 4.10. The molecule has 1 aromatic carbocycles. The van der Waals surface area contributed by atoms with Crippen LogP contribution in [0.15, 0.2) is 18.2 Å². The summed E-state index contributed by atoms with van der Waals surface area (Å²) < 4.78 is 5.29. The van der Waals surface area contributed by atoms with E-state index in [-0.39, 0.29) is 12.3 Å². The first kappa shape index (κ1) is 18.7. The minimum Gasteiger partial charge on any atom is -0.481 e. The SMILES string of the molecule is CC1(C)OC(=O)c2cc(C(=O)NCCSSCCC(=O)O)ccc21. The number of ether oxygens (including phenoxy) is 1. The normalized spacial score (nSPS) is 14.8. The monoisotopic (exact) mass is 369 g/mol.